The van der Waals surface area contributed by atoms with E-state index >= 15 is 0 Å². The predicted octanol–water partition coefficient (Wildman–Crippen LogP) is 3.88. The number of hydrogen-bond acceptors (Lipinski definition) is 2. The molecular formula is C16H24O2. The van der Waals surface area contributed by atoms with E-state index in [1.165, 1.54) is 31.9 Å². The quantitative estimate of drug-likeness (QED) is 0.421. The summed E-state index contributed by atoms with van der Waals surface area (Å²) in [5.74, 6) is 0.685. The Balaban J connectivity index is 2.13. The average molecular weight is 248 g/mol. The standard InChI is InChI=1S/C16H24O2/c1-11-6-5-8-16(3)9-7-13(10-14(11)16)12(2)15(17)18-4/h6,13-14H,2,5,7-10H2,1,3-4H3/t13-,14+,16-/m1/s1. The Bertz CT molecular complexity index is 394. The van der Waals surface area contributed by atoms with Crippen LogP contribution in [0.25, 0.3) is 0 Å². The van der Waals surface area contributed by atoms with Crippen molar-refractivity contribution in [2.75, 3.05) is 7.11 Å². The summed E-state index contributed by atoms with van der Waals surface area (Å²) in [6.45, 7) is 8.59. The molecule has 0 bridgehead atoms. The number of fused-ring (bicyclic) bond motifs is 1. The van der Waals surface area contributed by atoms with E-state index in [2.05, 4.69) is 26.5 Å². The highest BCUT2D eigenvalue weighted by molar-refractivity contribution is 5.88. The van der Waals surface area contributed by atoms with E-state index in [0.717, 1.165) is 12.8 Å². The van der Waals surface area contributed by atoms with Gasteiger partial charge in [-0.15, -0.1) is 0 Å². The molecule has 1 fully saturated rings. The van der Waals surface area contributed by atoms with Crippen molar-refractivity contribution in [3.63, 3.8) is 0 Å². The van der Waals surface area contributed by atoms with Gasteiger partial charge < -0.3 is 4.74 Å². The summed E-state index contributed by atoms with van der Waals surface area (Å²) in [6, 6.07) is 0. The molecule has 0 unspecified atom stereocenters. The number of carbonyl (C=O) groups excluding carboxylic acids is 1. The molecule has 0 spiro atoms. The molecular weight excluding hydrogens is 224 g/mol. The topological polar surface area (TPSA) is 26.3 Å². The summed E-state index contributed by atoms with van der Waals surface area (Å²) < 4.78 is 4.80. The van der Waals surface area contributed by atoms with Crippen molar-refractivity contribution < 1.29 is 9.53 Å². The van der Waals surface area contributed by atoms with Crippen LogP contribution in [0.15, 0.2) is 23.8 Å². The van der Waals surface area contributed by atoms with E-state index < -0.39 is 0 Å². The molecule has 0 amide bonds. The highest BCUT2D eigenvalue weighted by Gasteiger charge is 2.42. The lowest BCUT2D eigenvalue weighted by Crippen LogP contribution is -2.38. The minimum Gasteiger partial charge on any atom is -0.466 e. The first-order chi connectivity index (χ1) is 8.48. The molecule has 1 saturated carbocycles. The number of hydrogen-bond donors (Lipinski definition) is 0. The zero-order valence-electron chi connectivity index (χ0n) is 11.8. The van der Waals surface area contributed by atoms with Crippen LogP contribution in [0, 0.1) is 17.3 Å². The van der Waals surface area contributed by atoms with Crippen LogP contribution in [-0.2, 0) is 9.53 Å². The molecule has 2 nitrogen and oxygen atoms in total. The molecule has 0 saturated heterocycles. The predicted molar refractivity (Wildman–Crippen MR) is 73.1 cm³/mol. The molecule has 0 radical (unpaired) electrons. The van der Waals surface area contributed by atoms with Crippen LogP contribution in [0.4, 0.5) is 0 Å². The molecule has 2 aliphatic carbocycles. The number of ether oxygens (including phenoxy) is 1. The molecule has 2 heteroatoms. The Labute approximate surface area is 110 Å². The molecule has 0 heterocycles. The van der Waals surface area contributed by atoms with Gasteiger partial charge in [0.2, 0.25) is 0 Å². The van der Waals surface area contributed by atoms with Gasteiger partial charge in [-0.3, -0.25) is 0 Å². The van der Waals surface area contributed by atoms with Crippen molar-refractivity contribution in [2.45, 2.75) is 46.0 Å². The molecule has 0 aromatic carbocycles. The van der Waals surface area contributed by atoms with E-state index in [4.69, 9.17) is 4.74 Å². The Morgan fingerprint density at radius 1 is 1.50 bits per heavy atom. The maximum atomic E-state index is 11.6. The first-order valence-electron chi connectivity index (χ1n) is 6.91. The van der Waals surface area contributed by atoms with Crippen LogP contribution in [0.1, 0.15) is 46.0 Å². The van der Waals surface area contributed by atoms with Crippen molar-refractivity contribution in [3.05, 3.63) is 23.8 Å². The summed E-state index contributed by atoms with van der Waals surface area (Å²) in [5, 5.41) is 0. The molecule has 2 rings (SSSR count). The van der Waals surface area contributed by atoms with Crippen molar-refractivity contribution >= 4 is 5.97 Å². The van der Waals surface area contributed by atoms with E-state index in [9.17, 15) is 4.79 Å². The summed E-state index contributed by atoms with van der Waals surface area (Å²) in [6.07, 6.45) is 8.20. The van der Waals surface area contributed by atoms with Crippen LogP contribution >= 0.6 is 0 Å². The average Bonchev–Trinajstić information content (AvgIpc) is 2.36. The monoisotopic (exact) mass is 248 g/mol. The summed E-state index contributed by atoms with van der Waals surface area (Å²) in [7, 11) is 1.44. The lowest BCUT2D eigenvalue weighted by molar-refractivity contribution is -0.137. The molecule has 0 aromatic rings. The van der Waals surface area contributed by atoms with Gasteiger partial charge >= 0.3 is 5.97 Å². The van der Waals surface area contributed by atoms with Crippen molar-refractivity contribution in [3.8, 4) is 0 Å². The van der Waals surface area contributed by atoms with Gasteiger partial charge in [0, 0.05) is 5.57 Å². The number of rotatable bonds is 2. The highest BCUT2D eigenvalue weighted by Crippen LogP contribution is 2.52. The second-order valence-electron chi connectivity index (χ2n) is 6.18. The third-order valence-electron chi connectivity index (χ3n) is 5.10. The highest BCUT2D eigenvalue weighted by atomic mass is 16.5. The SMILES string of the molecule is C=C(C(=O)OC)[C@@H]1CC[C@@]2(C)CCC=C(C)[C@@H]2C1. The van der Waals surface area contributed by atoms with Gasteiger partial charge in [-0.2, -0.15) is 0 Å². The van der Waals surface area contributed by atoms with Gasteiger partial charge in [-0.1, -0.05) is 25.2 Å². The van der Waals surface area contributed by atoms with Crippen molar-refractivity contribution in [2.24, 2.45) is 17.3 Å². The largest absolute Gasteiger partial charge is 0.466 e. The normalized spacial score (nSPS) is 35.4. The second kappa shape index (κ2) is 4.91. The van der Waals surface area contributed by atoms with E-state index in [1.807, 2.05) is 0 Å². The Morgan fingerprint density at radius 3 is 2.89 bits per heavy atom. The van der Waals surface area contributed by atoms with Gasteiger partial charge in [0.1, 0.15) is 0 Å². The fraction of sp³-hybridized carbons (Fsp3) is 0.688. The Hall–Kier alpha value is -1.05. The molecule has 0 aliphatic heterocycles. The minimum absolute atomic E-state index is 0.235. The van der Waals surface area contributed by atoms with E-state index in [1.54, 1.807) is 0 Å². The first kappa shape index (κ1) is 13.4. The lowest BCUT2D eigenvalue weighted by Gasteiger charge is -2.47. The van der Waals surface area contributed by atoms with Gasteiger partial charge in [0.15, 0.2) is 0 Å². The molecule has 0 N–H and O–H groups in total. The summed E-state index contributed by atoms with van der Waals surface area (Å²) in [5.41, 5.74) is 2.61. The van der Waals surface area contributed by atoms with Crippen LogP contribution in [-0.4, -0.2) is 13.1 Å². The number of carbonyl (C=O) groups is 1. The van der Waals surface area contributed by atoms with Crippen LogP contribution in [0.2, 0.25) is 0 Å². The fourth-order valence-electron chi connectivity index (χ4n) is 3.79. The summed E-state index contributed by atoms with van der Waals surface area (Å²) in [4.78, 5) is 11.6. The number of esters is 1. The number of methoxy groups -OCH3 is 1. The smallest absolute Gasteiger partial charge is 0.333 e. The minimum atomic E-state index is -0.235. The maximum Gasteiger partial charge on any atom is 0.333 e. The maximum absolute atomic E-state index is 11.6. The van der Waals surface area contributed by atoms with Gasteiger partial charge in [-0.05, 0) is 56.3 Å². The second-order valence-corrected chi connectivity index (χ2v) is 6.18. The third-order valence-corrected chi connectivity index (χ3v) is 5.10. The molecule has 0 aromatic heterocycles. The van der Waals surface area contributed by atoms with Crippen LogP contribution < -0.4 is 0 Å². The van der Waals surface area contributed by atoms with Gasteiger partial charge in [0.25, 0.3) is 0 Å². The Kier molecular flexibility index (Phi) is 3.65. The van der Waals surface area contributed by atoms with Crippen molar-refractivity contribution in [1.29, 1.82) is 0 Å². The number of allylic oxidation sites excluding steroid dienone is 2. The fourth-order valence-corrected chi connectivity index (χ4v) is 3.79. The van der Waals surface area contributed by atoms with E-state index in [0.29, 0.717) is 22.8 Å². The first-order valence-corrected chi connectivity index (χ1v) is 6.91. The van der Waals surface area contributed by atoms with Gasteiger partial charge in [-0.25, -0.2) is 4.79 Å². The van der Waals surface area contributed by atoms with Crippen molar-refractivity contribution in [1.82, 2.24) is 0 Å². The van der Waals surface area contributed by atoms with Gasteiger partial charge in [0.05, 0.1) is 7.11 Å². The van der Waals surface area contributed by atoms with Crippen LogP contribution in [0.3, 0.4) is 0 Å². The Morgan fingerprint density at radius 2 is 2.22 bits per heavy atom. The third kappa shape index (κ3) is 2.25. The molecule has 3 atom stereocenters. The molecule has 18 heavy (non-hydrogen) atoms. The van der Waals surface area contributed by atoms with Crippen LogP contribution in [0.5, 0.6) is 0 Å². The summed E-state index contributed by atoms with van der Waals surface area (Å²) >= 11 is 0. The van der Waals surface area contributed by atoms with E-state index in [-0.39, 0.29) is 5.97 Å². The molecule has 2 aliphatic rings. The zero-order valence-corrected chi connectivity index (χ0v) is 11.8. The zero-order chi connectivity index (χ0) is 13.3. The lowest BCUT2D eigenvalue weighted by atomic mass is 9.57. The molecule has 100 valence electrons.